The van der Waals surface area contributed by atoms with Crippen LogP contribution in [0, 0.1) is 17.0 Å². The summed E-state index contributed by atoms with van der Waals surface area (Å²) in [7, 11) is 1.95. The van der Waals surface area contributed by atoms with Gasteiger partial charge in [0.25, 0.3) is 0 Å². The molecular weight excluding hydrogens is 457 g/mol. The van der Waals surface area contributed by atoms with Gasteiger partial charge >= 0.3 is 5.69 Å². The van der Waals surface area contributed by atoms with E-state index >= 15 is 0 Å². The van der Waals surface area contributed by atoms with Gasteiger partial charge in [-0.2, -0.15) is 5.10 Å². The van der Waals surface area contributed by atoms with Gasteiger partial charge in [0.05, 0.1) is 35.3 Å². The van der Waals surface area contributed by atoms with E-state index in [9.17, 15) is 10.1 Å². The molecule has 2 rings (SSSR count). The number of hydrogen-bond donors (Lipinski definition) is 1. The van der Waals surface area contributed by atoms with Crippen LogP contribution >= 0.6 is 35.3 Å². The van der Waals surface area contributed by atoms with Crippen LogP contribution in [-0.2, 0) is 13.1 Å². The molecule has 0 atom stereocenters. The van der Waals surface area contributed by atoms with Crippen LogP contribution < -0.4 is 5.32 Å². The van der Waals surface area contributed by atoms with E-state index in [0.29, 0.717) is 19.6 Å². The summed E-state index contributed by atoms with van der Waals surface area (Å²) in [5.74, 6) is 0.768. The Hall–Kier alpha value is -1.76. The third kappa shape index (κ3) is 6.57. The van der Waals surface area contributed by atoms with Gasteiger partial charge in [-0.3, -0.25) is 19.8 Å². The molecule has 2 aromatic rings. The Morgan fingerprint density at radius 1 is 1.56 bits per heavy atom. The second-order valence-corrected chi connectivity index (χ2v) is 6.23. The van der Waals surface area contributed by atoms with E-state index in [1.165, 1.54) is 17.1 Å². The summed E-state index contributed by atoms with van der Waals surface area (Å²) in [5.41, 5.74) is 0.996. The molecule has 0 fully saturated rings. The summed E-state index contributed by atoms with van der Waals surface area (Å²) >= 11 is 1.63. The van der Waals surface area contributed by atoms with Crippen molar-refractivity contribution < 1.29 is 4.92 Å². The molecule has 138 valence electrons. The third-order valence-corrected chi connectivity index (χ3v) is 4.01. The van der Waals surface area contributed by atoms with E-state index in [4.69, 9.17) is 0 Å². The maximum absolute atomic E-state index is 10.6. The lowest BCUT2D eigenvalue weighted by Crippen LogP contribution is -2.38. The van der Waals surface area contributed by atoms with Crippen molar-refractivity contribution >= 4 is 47.0 Å². The van der Waals surface area contributed by atoms with Gasteiger partial charge in [-0.1, -0.05) is 0 Å². The van der Waals surface area contributed by atoms with Crippen LogP contribution in [0.2, 0.25) is 0 Å². The molecule has 0 saturated heterocycles. The lowest BCUT2D eigenvalue weighted by molar-refractivity contribution is -0.385. The number of nitrogens with one attached hydrogen (secondary N) is 1. The summed E-state index contributed by atoms with van der Waals surface area (Å²) in [4.78, 5) is 21.2. The molecule has 0 saturated carbocycles. The van der Waals surface area contributed by atoms with Gasteiger partial charge in [0.15, 0.2) is 5.96 Å². The minimum Gasteiger partial charge on any atom is -0.357 e. The van der Waals surface area contributed by atoms with Crippen LogP contribution in [0.3, 0.4) is 0 Å². The number of nitrogens with zero attached hydrogens (tertiary/aromatic N) is 6. The van der Waals surface area contributed by atoms with Crippen LogP contribution in [0.15, 0.2) is 22.8 Å². The van der Waals surface area contributed by atoms with Crippen LogP contribution in [0.25, 0.3) is 0 Å². The Morgan fingerprint density at radius 2 is 2.32 bits per heavy atom. The lowest BCUT2D eigenvalue weighted by atomic mass is 10.4. The molecule has 0 aliphatic carbocycles. The van der Waals surface area contributed by atoms with Crippen molar-refractivity contribution in [3.63, 3.8) is 0 Å². The summed E-state index contributed by atoms with van der Waals surface area (Å²) in [6, 6.07) is 0. The molecule has 25 heavy (non-hydrogen) atoms. The molecule has 0 radical (unpaired) electrons. The monoisotopic (exact) mass is 479 g/mol. The molecule has 9 nitrogen and oxygen atoms in total. The van der Waals surface area contributed by atoms with Gasteiger partial charge in [-0.25, -0.2) is 4.98 Å². The van der Waals surface area contributed by atoms with Crippen LogP contribution in [0.5, 0.6) is 0 Å². The van der Waals surface area contributed by atoms with Gasteiger partial charge in [-0.05, 0) is 13.8 Å². The molecule has 11 heteroatoms. The Kier molecular flexibility index (Phi) is 8.75. The first-order valence-corrected chi connectivity index (χ1v) is 8.45. The van der Waals surface area contributed by atoms with E-state index in [1.807, 2.05) is 31.2 Å². The number of aryl methyl sites for hydroxylation is 1. The fourth-order valence-electron chi connectivity index (χ4n) is 2.10. The highest BCUT2D eigenvalue weighted by Crippen LogP contribution is 2.10. The zero-order chi connectivity index (χ0) is 17.5. The fourth-order valence-corrected chi connectivity index (χ4v) is 2.70. The zero-order valence-corrected chi connectivity index (χ0v) is 17.5. The maximum Gasteiger partial charge on any atom is 0.306 e. The van der Waals surface area contributed by atoms with Gasteiger partial charge in [0.2, 0.25) is 0 Å². The van der Waals surface area contributed by atoms with Crippen molar-refractivity contribution in [3.8, 4) is 0 Å². The Labute approximate surface area is 167 Å². The molecule has 0 bridgehead atoms. The number of guanidine groups is 1. The van der Waals surface area contributed by atoms with Crippen molar-refractivity contribution in [2.45, 2.75) is 26.9 Å². The second-order valence-electron chi connectivity index (χ2n) is 5.17. The fraction of sp³-hybridized carbons (Fsp3) is 0.500. The molecule has 0 spiro atoms. The highest BCUT2D eigenvalue weighted by atomic mass is 127. The SMILES string of the molecule is CCNC(=NCCn1cc([N+](=O)[O-])cn1)N(C)Cc1csc(C)n1.I. The molecule has 1 N–H and O–H groups in total. The summed E-state index contributed by atoms with van der Waals surface area (Å²) < 4.78 is 1.52. The standard InChI is InChI=1S/C14H21N7O2S.HI/c1-4-15-14(19(3)8-12-10-24-11(2)18-12)16-5-6-20-9-13(7-17-20)21(22)23;/h7,9-10H,4-6,8H2,1-3H3,(H,15,16);1H. The molecule has 0 amide bonds. The average molecular weight is 479 g/mol. The average Bonchev–Trinajstić information content (AvgIpc) is 3.15. The minimum atomic E-state index is -0.458. The predicted octanol–water partition coefficient (Wildman–Crippen LogP) is 2.27. The Balaban J connectivity index is 0.00000312. The topological polar surface area (TPSA) is 101 Å². The van der Waals surface area contributed by atoms with Crippen LogP contribution in [0.1, 0.15) is 17.6 Å². The zero-order valence-electron chi connectivity index (χ0n) is 14.4. The van der Waals surface area contributed by atoms with Gasteiger partial charge < -0.3 is 10.2 Å². The van der Waals surface area contributed by atoms with Crippen molar-refractivity contribution in [2.75, 3.05) is 20.1 Å². The largest absolute Gasteiger partial charge is 0.357 e. The van der Waals surface area contributed by atoms with E-state index in [-0.39, 0.29) is 29.7 Å². The Bertz CT molecular complexity index is 716. The number of aliphatic imine (C=N–C) groups is 1. The molecule has 0 aliphatic rings. The van der Waals surface area contributed by atoms with Gasteiger partial charge in [0, 0.05) is 19.0 Å². The molecule has 2 heterocycles. The molecule has 0 aromatic carbocycles. The first-order chi connectivity index (χ1) is 11.5. The highest BCUT2D eigenvalue weighted by molar-refractivity contribution is 14.0. The van der Waals surface area contributed by atoms with Crippen LogP contribution in [-0.4, -0.2) is 50.7 Å². The third-order valence-electron chi connectivity index (χ3n) is 3.18. The van der Waals surface area contributed by atoms with E-state index in [2.05, 4.69) is 20.4 Å². The van der Waals surface area contributed by atoms with Crippen molar-refractivity contribution in [3.05, 3.63) is 38.6 Å². The second kappa shape index (κ2) is 10.3. The predicted molar refractivity (Wildman–Crippen MR) is 109 cm³/mol. The molecule has 2 aromatic heterocycles. The lowest BCUT2D eigenvalue weighted by Gasteiger charge is -2.21. The summed E-state index contributed by atoms with van der Waals surface area (Å²) in [6.07, 6.45) is 2.65. The van der Waals surface area contributed by atoms with Crippen molar-refractivity contribution in [2.24, 2.45) is 4.99 Å². The van der Waals surface area contributed by atoms with Crippen molar-refractivity contribution in [1.82, 2.24) is 25.0 Å². The number of hydrogen-bond acceptors (Lipinski definition) is 6. The highest BCUT2D eigenvalue weighted by Gasteiger charge is 2.10. The summed E-state index contributed by atoms with van der Waals surface area (Å²) in [6.45, 7) is 6.37. The van der Waals surface area contributed by atoms with Crippen LogP contribution in [0.4, 0.5) is 5.69 Å². The van der Waals surface area contributed by atoms with E-state index in [0.717, 1.165) is 23.2 Å². The van der Waals surface area contributed by atoms with E-state index in [1.54, 1.807) is 11.3 Å². The molecule has 0 unspecified atom stereocenters. The maximum atomic E-state index is 10.6. The number of thiazole rings is 1. The molecular formula is C14H22IN7O2S. The number of rotatable bonds is 7. The number of halogens is 1. The Morgan fingerprint density at radius 3 is 2.88 bits per heavy atom. The smallest absolute Gasteiger partial charge is 0.306 e. The van der Waals surface area contributed by atoms with E-state index < -0.39 is 4.92 Å². The molecule has 0 aliphatic heterocycles. The normalized spacial score (nSPS) is 11.1. The summed E-state index contributed by atoms with van der Waals surface area (Å²) in [5, 5.41) is 20.9. The minimum absolute atomic E-state index is 0. The van der Waals surface area contributed by atoms with Gasteiger partial charge in [0.1, 0.15) is 12.4 Å². The van der Waals surface area contributed by atoms with Gasteiger partial charge in [-0.15, -0.1) is 35.3 Å². The first kappa shape index (κ1) is 21.3. The number of aromatic nitrogens is 3. The number of nitro groups is 1. The quantitative estimate of drug-likeness (QED) is 0.215. The first-order valence-electron chi connectivity index (χ1n) is 7.57. The van der Waals surface area contributed by atoms with Crippen molar-refractivity contribution in [1.29, 1.82) is 0 Å².